The normalized spacial score (nSPS) is 15.7. The molecule has 1 saturated carbocycles. The Bertz CT molecular complexity index is 1050. The molecular formula is C22H27N7O2. The topological polar surface area (TPSA) is 93.7 Å². The van der Waals surface area contributed by atoms with E-state index in [9.17, 15) is 9.59 Å². The molecular weight excluding hydrogens is 394 g/mol. The summed E-state index contributed by atoms with van der Waals surface area (Å²) in [5.41, 5.74) is 2.38. The van der Waals surface area contributed by atoms with E-state index in [0.717, 1.165) is 12.8 Å². The highest BCUT2D eigenvalue weighted by Crippen LogP contribution is 2.39. The highest BCUT2D eigenvalue weighted by Gasteiger charge is 2.30. The number of amides is 2. The van der Waals surface area contributed by atoms with Crippen molar-refractivity contribution in [1.29, 1.82) is 0 Å². The van der Waals surface area contributed by atoms with Crippen LogP contribution in [0.15, 0.2) is 36.5 Å². The number of hydrogen-bond donors (Lipinski definition) is 2. The summed E-state index contributed by atoms with van der Waals surface area (Å²) in [6.07, 6.45) is 7.19. The molecule has 1 aliphatic heterocycles. The van der Waals surface area contributed by atoms with Crippen LogP contribution in [0.4, 0.5) is 28.8 Å². The van der Waals surface area contributed by atoms with Crippen LogP contribution in [-0.4, -0.2) is 67.5 Å². The van der Waals surface area contributed by atoms with Crippen LogP contribution >= 0.6 is 0 Å². The van der Waals surface area contributed by atoms with Crippen molar-refractivity contribution < 1.29 is 9.59 Å². The number of likely N-dealkylation sites (N-methyl/N-ethyl adjacent to an activating group) is 1. The van der Waals surface area contributed by atoms with Crippen LogP contribution in [0.5, 0.6) is 0 Å². The zero-order valence-electron chi connectivity index (χ0n) is 18.2. The molecule has 1 aromatic carbocycles. The number of fused-ring (bicyclic) bond motifs is 2. The van der Waals surface area contributed by atoms with Crippen molar-refractivity contribution in [3.63, 3.8) is 0 Å². The van der Waals surface area contributed by atoms with Crippen LogP contribution in [0.3, 0.4) is 0 Å². The summed E-state index contributed by atoms with van der Waals surface area (Å²) >= 11 is 0. The molecule has 2 heterocycles. The van der Waals surface area contributed by atoms with Gasteiger partial charge in [0.1, 0.15) is 5.69 Å². The Hall–Kier alpha value is -3.46. The minimum atomic E-state index is -0.241. The summed E-state index contributed by atoms with van der Waals surface area (Å²) in [5, 5.41) is 6.13. The van der Waals surface area contributed by atoms with Crippen LogP contribution in [0, 0.1) is 0 Å². The van der Waals surface area contributed by atoms with Gasteiger partial charge in [-0.2, -0.15) is 4.98 Å². The molecule has 2 amide bonds. The van der Waals surface area contributed by atoms with Gasteiger partial charge in [0.2, 0.25) is 11.9 Å². The van der Waals surface area contributed by atoms with Crippen molar-refractivity contribution in [1.82, 2.24) is 14.9 Å². The lowest BCUT2D eigenvalue weighted by Gasteiger charge is -2.21. The lowest BCUT2D eigenvalue weighted by Crippen LogP contribution is -2.26. The zero-order chi connectivity index (χ0) is 22.1. The molecule has 4 rings (SSSR count). The highest BCUT2D eigenvalue weighted by molar-refractivity contribution is 6.14. The molecule has 1 aliphatic carbocycles. The second kappa shape index (κ2) is 8.35. The first-order valence-electron chi connectivity index (χ1n) is 10.2. The van der Waals surface area contributed by atoms with Gasteiger partial charge in [0, 0.05) is 38.4 Å². The SMILES string of the molecule is CN(C)C/C=C/C(=O)Nc1ccc2c(c1)C(=O)N(C)c1cnc(NC3CC3)nc1N2C. The monoisotopic (exact) mass is 421 g/mol. The minimum Gasteiger partial charge on any atom is -0.351 e. The van der Waals surface area contributed by atoms with Gasteiger partial charge in [0.05, 0.1) is 17.4 Å². The van der Waals surface area contributed by atoms with Crippen molar-refractivity contribution in [2.75, 3.05) is 55.2 Å². The Morgan fingerprint density at radius 2 is 2.00 bits per heavy atom. The van der Waals surface area contributed by atoms with E-state index in [0.29, 0.717) is 47.0 Å². The predicted molar refractivity (Wildman–Crippen MR) is 122 cm³/mol. The molecule has 2 aliphatic rings. The minimum absolute atomic E-state index is 0.189. The fourth-order valence-corrected chi connectivity index (χ4v) is 3.37. The Morgan fingerprint density at radius 1 is 1.23 bits per heavy atom. The first kappa shape index (κ1) is 20.8. The van der Waals surface area contributed by atoms with Crippen LogP contribution < -0.4 is 20.4 Å². The van der Waals surface area contributed by atoms with E-state index in [1.54, 1.807) is 36.4 Å². The Kier molecular flexibility index (Phi) is 5.60. The maximum absolute atomic E-state index is 13.2. The number of benzene rings is 1. The number of aromatic nitrogens is 2. The summed E-state index contributed by atoms with van der Waals surface area (Å²) in [4.78, 5) is 39.8. The zero-order valence-corrected chi connectivity index (χ0v) is 18.2. The van der Waals surface area contributed by atoms with Crippen molar-refractivity contribution >= 4 is 40.6 Å². The van der Waals surface area contributed by atoms with Crippen molar-refractivity contribution in [2.24, 2.45) is 0 Å². The fraction of sp³-hybridized carbons (Fsp3) is 0.364. The average molecular weight is 422 g/mol. The third-order valence-electron chi connectivity index (χ3n) is 5.24. The first-order chi connectivity index (χ1) is 14.8. The summed E-state index contributed by atoms with van der Waals surface area (Å²) < 4.78 is 0. The second-order valence-electron chi connectivity index (χ2n) is 8.13. The molecule has 1 aromatic heterocycles. The number of nitrogens with zero attached hydrogens (tertiary/aromatic N) is 5. The van der Waals surface area contributed by atoms with E-state index in [1.165, 1.54) is 6.08 Å². The fourth-order valence-electron chi connectivity index (χ4n) is 3.37. The van der Waals surface area contributed by atoms with E-state index >= 15 is 0 Å². The molecule has 9 heteroatoms. The van der Waals surface area contributed by atoms with Crippen LogP contribution in [0.2, 0.25) is 0 Å². The van der Waals surface area contributed by atoms with E-state index in [-0.39, 0.29) is 11.8 Å². The molecule has 0 unspecified atom stereocenters. The van der Waals surface area contributed by atoms with Crippen LogP contribution in [0.1, 0.15) is 23.2 Å². The van der Waals surface area contributed by atoms with E-state index in [2.05, 4.69) is 20.6 Å². The summed E-state index contributed by atoms with van der Waals surface area (Å²) in [7, 11) is 7.44. The van der Waals surface area contributed by atoms with Gasteiger partial charge in [-0.05, 0) is 45.1 Å². The Labute approximate surface area is 181 Å². The van der Waals surface area contributed by atoms with Gasteiger partial charge in [0.25, 0.3) is 5.91 Å². The predicted octanol–water partition coefficient (Wildman–Crippen LogP) is 2.47. The summed E-state index contributed by atoms with van der Waals surface area (Å²) in [6, 6.07) is 5.74. The van der Waals surface area contributed by atoms with Crippen molar-refractivity contribution in [2.45, 2.75) is 18.9 Å². The third-order valence-corrected chi connectivity index (χ3v) is 5.24. The van der Waals surface area contributed by atoms with Gasteiger partial charge in [-0.25, -0.2) is 4.98 Å². The lowest BCUT2D eigenvalue weighted by molar-refractivity contribution is -0.111. The molecule has 162 valence electrons. The van der Waals surface area contributed by atoms with Crippen molar-refractivity contribution in [3.05, 3.63) is 42.1 Å². The molecule has 0 atom stereocenters. The molecule has 0 bridgehead atoms. The molecule has 31 heavy (non-hydrogen) atoms. The first-order valence-corrected chi connectivity index (χ1v) is 10.2. The highest BCUT2D eigenvalue weighted by atomic mass is 16.2. The van der Waals surface area contributed by atoms with Crippen LogP contribution in [-0.2, 0) is 4.79 Å². The number of hydrogen-bond acceptors (Lipinski definition) is 7. The van der Waals surface area contributed by atoms with E-state index in [1.807, 2.05) is 37.0 Å². The molecule has 2 N–H and O–H groups in total. The maximum atomic E-state index is 13.2. The molecule has 0 saturated heterocycles. The molecule has 0 radical (unpaired) electrons. The van der Waals surface area contributed by atoms with E-state index in [4.69, 9.17) is 0 Å². The summed E-state index contributed by atoms with van der Waals surface area (Å²) in [5.74, 6) is 0.780. The largest absolute Gasteiger partial charge is 0.351 e. The maximum Gasteiger partial charge on any atom is 0.260 e. The molecule has 1 fully saturated rings. The molecule has 2 aromatic rings. The third kappa shape index (κ3) is 4.51. The van der Waals surface area contributed by atoms with Gasteiger partial charge >= 0.3 is 0 Å². The van der Waals surface area contributed by atoms with Crippen LogP contribution in [0.25, 0.3) is 0 Å². The van der Waals surface area contributed by atoms with Gasteiger partial charge in [0.15, 0.2) is 5.82 Å². The molecule has 9 nitrogen and oxygen atoms in total. The number of nitrogens with one attached hydrogen (secondary N) is 2. The second-order valence-corrected chi connectivity index (χ2v) is 8.13. The van der Waals surface area contributed by atoms with Gasteiger partial charge < -0.3 is 25.3 Å². The quantitative estimate of drug-likeness (QED) is 0.692. The van der Waals surface area contributed by atoms with Crippen molar-refractivity contribution in [3.8, 4) is 0 Å². The van der Waals surface area contributed by atoms with E-state index < -0.39 is 0 Å². The average Bonchev–Trinajstić information content (AvgIpc) is 3.56. The number of rotatable bonds is 6. The standard InChI is InChI=1S/C22H27N7O2/c1-27(2)11-5-6-19(30)24-15-9-10-17-16(12-15)21(31)29(4)18-13-23-22(25-14-7-8-14)26-20(18)28(17)3/h5-6,9-10,12-14H,7-8,11H2,1-4H3,(H,24,30)(H,23,25,26)/b6-5+. The van der Waals surface area contributed by atoms with Gasteiger partial charge in [-0.15, -0.1) is 0 Å². The smallest absolute Gasteiger partial charge is 0.260 e. The lowest BCUT2D eigenvalue weighted by atomic mass is 10.1. The molecule has 0 spiro atoms. The number of carbonyl (C=O) groups is 2. The number of carbonyl (C=O) groups excluding carboxylic acids is 2. The Balaban J connectivity index is 1.62. The van der Waals surface area contributed by atoms with Gasteiger partial charge in [-0.3, -0.25) is 9.59 Å². The Morgan fingerprint density at radius 3 is 2.71 bits per heavy atom. The van der Waals surface area contributed by atoms with Gasteiger partial charge in [-0.1, -0.05) is 6.08 Å². The summed E-state index contributed by atoms with van der Waals surface area (Å²) in [6.45, 7) is 0.669. The number of anilines is 5.